The lowest BCUT2D eigenvalue weighted by Gasteiger charge is -2.37. The summed E-state index contributed by atoms with van der Waals surface area (Å²) in [6, 6.07) is 7.28. The molecule has 1 aromatic rings. The average Bonchev–Trinajstić information content (AvgIpc) is 3.34. The van der Waals surface area contributed by atoms with Crippen LogP contribution in [0.4, 0.5) is 5.69 Å². The number of amides is 2. The molecular formula is C19H19NO3. The number of carbonyl (C=O) groups excluding carboxylic acids is 2. The summed E-state index contributed by atoms with van der Waals surface area (Å²) in [5, 5.41) is 0. The van der Waals surface area contributed by atoms with Crippen molar-refractivity contribution >= 4 is 17.5 Å². The summed E-state index contributed by atoms with van der Waals surface area (Å²) in [6.07, 6.45) is 5.60. The van der Waals surface area contributed by atoms with Gasteiger partial charge in [-0.15, -0.1) is 0 Å². The maximum atomic E-state index is 13.0. The summed E-state index contributed by atoms with van der Waals surface area (Å²) in [4.78, 5) is 27.3. The molecule has 3 fully saturated rings. The average molecular weight is 309 g/mol. The zero-order chi connectivity index (χ0) is 15.7. The Morgan fingerprint density at radius 1 is 1.00 bits per heavy atom. The van der Waals surface area contributed by atoms with E-state index in [2.05, 4.69) is 12.2 Å². The molecule has 4 aliphatic carbocycles. The lowest BCUT2D eigenvalue weighted by molar-refractivity contribution is -0.124. The van der Waals surface area contributed by atoms with Crippen LogP contribution in [0.3, 0.4) is 0 Å². The number of hydrogen-bond acceptors (Lipinski definition) is 3. The molecule has 1 heterocycles. The lowest BCUT2D eigenvalue weighted by Crippen LogP contribution is -2.40. The van der Waals surface area contributed by atoms with Crippen LogP contribution in [-0.2, 0) is 9.59 Å². The highest BCUT2D eigenvalue weighted by molar-refractivity contribution is 6.22. The molecule has 23 heavy (non-hydrogen) atoms. The quantitative estimate of drug-likeness (QED) is 0.637. The van der Waals surface area contributed by atoms with Gasteiger partial charge in [0.1, 0.15) is 5.75 Å². The van der Waals surface area contributed by atoms with Crippen LogP contribution in [0.1, 0.15) is 13.3 Å². The van der Waals surface area contributed by atoms with Crippen molar-refractivity contribution in [2.75, 3.05) is 11.5 Å². The molecule has 2 amide bonds. The van der Waals surface area contributed by atoms with E-state index in [1.54, 1.807) is 0 Å². The maximum Gasteiger partial charge on any atom is 0.238 e. The second-order valence-electron chi connectivity index (χ2n) is 7.09. The van der Waals surface area contributed by atoms with Crippen molar-refractivity contribution in [1.29, 1.82) is 0 Å². The second-order valence-corrected chi connectivity index (χ2v) is 7.09. The van der Waals surface area contributed by atoms with Gasteiger partial charge in [0, 0.05) is 0 Å². The minimum atomic E-state index is -0.132. The Morgan fingerprint density at radius 3 is 2.09 bits per heavy atom. The van der Waals surface area contributed by atoms with Crippen LogP contribution in [0.15, 0.2) is 36.4 Å². The first kappa shape index (κ1) is 13.3. The van der Waals surface area contributed by atoms with Gasteiger partial charge in [0.05, 0.1) is 24.1 Å². The smallest absolute Gasteiger partial charge is 0.238 e. The largest absolute Gasteiger partial charge is 0.494 e. The topological polar surface area (TPSA) is 46.6 Å². The summed E-state index contributed by atoms with van der Waals surface area (Å²) in [6.45, 7) is 2.53. The SMILES string of the molecule is CCOc1ccc(N2C(=O)[C@@H]3[C@@H]4C=C[C@@H]([C@H]5C[C@@H]45)[C@H]3C2=O)cc1. The van der Waals surface area contributed by atoms with Crippen LogP contribution in [0.25, 0.3) is 0 Å². The molecule has 2 saturated carbocycles. The number of benzene rings is 1. The van der Waals surface area contributed by atoms with Crippen molar-refractivity contribution in [2.45, 2.75) is 13.3 Å². The molecule has 4 nitrogen and oxygen atoms in total. The van der Waals surface area contributed by atoms with E-state index in [1.165, 1.54) is 11.3 Å². The van der Waals surface area contributed by atoms with Gasteiger partial charge in [0.15, 0.2) is 0 Å². The Hall–Kier alpha value is -2.10. The fraction of sp³-hybridized carbons (Fsp3) is 0.474. The Labute approximate surface area is 135 Å². The van der Waals surface area contributed by atoms with Gasteiger partial charge in [0.25, 0.3) is 0 Å². The molecule has 2 bridgehead atoms. The molecule has 1 saturated heterocycles. The molecule has 118 valence electrons. The summed E-state index contributed by atoms with van der Waals surface area (Å²) < 4.78 is 5.44. The van der Waals surface area contributed by atoms with Gasteiger partial charge in [-0.2, -0.15) is 0 Å². The zero-order valence-electron chi connectivity index (χ0n) is 13.0. The molecule has 0 unspecified atom stereocenters. The summed E-state index contributed by atoms with van der Waals surface area (Å²) in [7, 11) is 0. The van der Waals surface area contributed by atoms with Crippen molar-refractivity contribution in [2.24, 2.45) is 35.5 Å². The fourth-order valence-corrected chi connectivity index (χ4v) is 5.07. The summed E-state index contributed by atoms with van der Waals surface area (Å²) in [5.74, 6) is 2.32. The summed E-state index contributed by atoms with van der Waals surface area (Å²) >= 11 is 0. The molecule has 4 heteroatoms. The second kappa shape index (κ2) is 4.47. The standard InChI is InChI=1S/C19H19NO3/c1-2-23-11-5-3-10(4-6-11)20-18(21)16-12-7-8-13(15-9-14(12)15)17(16)19(20)22/h3-8,12-17H,2,9H2,1H3/t12-,13+,14+,15-,16-,17-/m1/s1. The van der Waals surface area contributed by atoms with Crippen molar-refractivity contribution in [3.05, 3.63) is 36.4 Å². The highest BCUT2D eigenvalue weighted by Gasteiger charge is 2.67. The Bertz CT molecular complexity index is 687. The minimum absolute atomic E-state index is 0.00569. The molecular weight excluding hydrogens is 290 g/mol. The number of hydrogen-bond donors (Lipinski definition) is 0. The van der Waals surface area contributed by atoms with Gasteiger partial charge < -0.3 is 4.74 Å². The van der Waals surface area contributed by atoms with Crippen molar-refractivity contribution in [3.8, 4) is 5.75 Å². The van der Waals surface area contributed by atoms with E-state index in [9.17, 15) is 9.59 Å². The van der Waals surface area contributed by atoms with Crippen LogP contribution < -0.4 is 9.64 Å². The van der Waals surface area contributed by atoms with Crippen molar-refractivity contribution < 1.29 is 14.3 Å². The van der Waals surface area contributed by atoms with Crippen LogP contribution in [0.5, 0.6) is 5.75 Å². The van der Waals surface area contributed by atoms with Gasteiger partial charge in [0.2, 0.25) is 11.8 Å². The van der Waals surface area contributed by atoms with Crippen LogP contribution in [0.2, 0.25) is 0 Å². The molecule has 0 spiro atoms. The third kappa shape index (κ3) is 1.66. The lowest BCUT2D eigenvalue weighted by atomic mass is 9.63. The van der Waals surface area contributed by atoms with Crippen LogP contribution in [-0.4, -0.2) is 18.4 Å². The highest BCUT2D eigenvalue weighted by Crippen LogP contribution is 2.65. The molecule has 1 aromatic carbocycles. The molecule has 6 rings (SSSR count). The first-order chi connectivity index (χ1) is 11.2. The molecule has 0 N–H and O–H groups in total. The normalized spacial score (nSPS) is 39.4. The Morgan fingerprint density at radius 2 is 1.57 bits per heavy atom. The fourth-order valence-electron chi connectivity index (χ4n) is 5.07. The first-order valence-corrected chi connectivity index (χ1v) is 8.49. The number of rotatable bonds is 3. The zero-order valence-corrected chi connectivity index (χ0v) is 13.0. The van der Waals surface area contributed by atoms with E-state index < -0.39 is 0 Å². The number of allylic oxidation sites excluding steroid dienone is 2. The maximum absolute atomic E-state index is 13.0. The van der Waals surface area contributed by atoms with E-state index in [0.717, 1.165) is 5.75 Å². The predicted molar refractivity (Wildman–Crippen MR) is 84.8 cm³/mol. The van der Waals surface area contributed by atoms with Crippen molar-refractivity contribution in [1.82, 2.24) is 0 Å². The molecule has 5 aliphatic rings. The van der Waals surface area contributed by atoms with Gasteiger partial charge in [-0.1, -0.05) is 12.2 Å². The number of ether oxygens (including phenoxy) is 1. The number of carbonyl (C=O) groups is 2. The molecule has 0 aromatic heterocycles. The van der Waals surface area contributed by atoms with E-state index in [-0.39, 0.29) is 35.5 Å². The van der Waals surface area contributed by atoms with Gasteiger partial charge in [-0.25, -0.2) is 0 Å². The molecule has 0 radical (unpaired) electrons. The third-order valence-electron chi connectivity index (χ3n) is 6.07. The molecule has 1 aliphatic heterocycles. The third-order valence-corrected chi connectivity index (χ3v) is 6.07. The van der Waals surface area contributed by atoms with E-state index in [1.807, 2.05) is 31.2 Å². The molecule has 6 atom stereocenters. The number of nitrogens with zero attached hydrogens (tertiary/aromatic N) is 1. The Balaban J connectivity index is 1.49. The predicted octanol–water partition coefficient (Wildman–Crippen LogP) is 2.64. The van der Waals surface area contributed by atoms with Gasteiger partial charge in [-0.3, -0.25) is 14.5 Å². The van der Waals surface area contributed by atoms with E-state index in [4.69, 9.17) is 4.74 Å². The van der Waals surface area contributed by atoms with E-state index in [0.29, 0.717) is 24.1 Å². The van der Waals surface area contributed by atoms with Crippen LogP contribution in [0, 0.1) is 35.5 Å². The highest BCUT2D eigenvalue weighted by atomic mass is 16.5. The number of anilines is 1. The van der Waals surface area contributed by atoms with E-state index >= 15 is 0 Å². The monoisotopic (exact) mass is 309 g/mol. The summed E-state index contributed by atoms with van der Waals surface area (Å²) in [5.41, 5.74) is 0.672. The van der Waals surface area contributed by atoms with Crippen molar-refractivity contribution in [3.63, 3.8) is 0 Å². The van der Waals surface area contributed by atoms with Crippen LogP contribution >= 0.6 is 0 Å². The number of imide groups is 1. The minimum Gasteiger partial charge on any atom is -0.494 e. The first-order valence-electron chi connectivity index (χ1n) is 8.49. The Kier molecular flexibility index (Phi) is 2.59. The van der Waals surface area contributed by atoms with Gasteiger partial charge >= 0.3 is 0 Å². The van der Waals surface area contributed by atoms with Gasteiger partial charge in [-0.05, 0) is 61.3 Å².